The number of nitrogens with one attached hydrogen (secondary N) is 1. The van der Waals surface area contributed by atoms with Gasteiger partial charge in [-0.05, 0) is 42.7 Å². The third kappa shape index (κ3) is 4.12. The zero-order valence-corrected chi connectivity index (χ0v) is 13.7. The van der Waals surface area contributed by atoms with Crippen molar-refractivity contribution in [1.29, 1.82) is 0 Å². The van der Waals surface area contributed by atoms with Crippen LogP contribution in [0.25, 0.3) is 0 Å². The molecule has 1 amide bonds. The molecule has 1 N–H and O–H groups in total. The molecule has 0 bridgehead atoms. The number of carbonyl (C=O) groups excluding carboxylic acids is 1. The summed E-state index contributed by atoms with van der Waals surface area (Å²) in [7, 11) is 1.72. The Hall–Kier alpha value is -2.96. The van der Waals surface area contributed by atoms with Crippen molar-refractivity contribution >= 4 is 17.3 Å². The van der Waals surface area contributed by atoms with E-state index in [1.165, 1.54) is 18.2 Å². The fraction of sp³-hybridized carbons (Fsp3) is 0.278. The summed E-state index contributed by atoms with van der Waals surface area (Å²) in [4.78, 5) is 24.7. The van der Waals surface area contributed by atoms with Gasteiger partial charge in [0.1, 0.15) is 11.5 Å². The van der Waals surface area contributed by atoms with E-state index in [4.69, 9.17) is 0 Å². The standard InChI is InChI=1S/C18H18FN3O3/c1-21(11-12-2-5-14(19)6-3-12)16-9-4-13(10-17(16)22(24)25)18(23)20-15-7-8-15/h2-6,9-10,15H,7-8,11H2,1H3,(H,20,23). The molecule has 1 fully saturated rings. The Labute approximate surface area is 144 Å². The highest BCUT2D eigenvalue weighted by Crippen LogP contribution is 2.30. The number of hydrogen-bond acceptors (Lipinski definition) is 4. The van der Waals surface area contributed by atoms with E-state index in [1.54, 1.807) is 36.2 Å². The fourth-order valence-corrected chi connectivity index (χ4v) is 2.58. The van der Waals surface area contributed by atoms with Crippen LogP contribution in [0.1, 0.15) is 28.8 Å². The Morgan fingerprint density at radius 1 is 1.28 bits per heavy atom. The summed E-state index contributed by atoms with van der Waals surface area (Å²) in [6.45, 7) is 0.384. The quantitative estimate of drug-likeness (QED) is 0.645. The molecule has 2 aromatic carbocycles. The highest BCUT2D eigenvalue weighted by molar-refractivity contribution is 5.96. The SMILES string of the molecule is CN(Cc1ccc(F)cc1)c1ccc(C(=O)NC2CC2)cc1[N+](=O)[O-]. The summed E-state index contributed by atoms with van der Waals surface area (Å²) in [5.74, 6) is -0.623. The maximum atomic E-state index is 13.0. The fourth-order valence-electron chi connectivity index (χ4n) is 2.58. The normalized spacial score (nSPS) is 13.4. The molecule has 7 heteroatoms. The number of halogens is 1. The van der Waals surface area contributed by atoms with Crippen molar-refractivity contribution in [3.05, 3.63) is 69.5 Å². The van der Waals surface area contributed by atoms with Crippen LogP contribution in [0.2, 0.25) is 0 Å². The number of carbonyl (C=O) groups is 1. The number of nitrogens with zero attached hydrogens (tertiary/aromatic N) is 2. The van der Waals surface area contributed by atoms with E-state index < -0.39 is 4.92 Å². The second-order valence-corrected chi connectivity index (χ2v) is 6.19. The van der Waals surface area contributed by atoms with Gasteiger partial charge in [-0.15, -0.1) is 0 Å². The van der Waals surface area contributed by atoms with Crippen LogP contribution < -0.4 is 10.2 Å². The van der Waals surface area contributed by atoms with E-state index in [0.29, 0.717) is 12.2 Å². The van der Waals surface area contributed by atoms with Crippen molar-refractivity contribution in [1.82, 2.24) is 5.32 Å². The smallest absolute Gasteiger partial charge is 0.293 e. The second kappa shape index (κ2) is 6.88. The van der Waals surface area contributed by atoms with Gasteiger partial charge in [0.15, 0.2) is 0 Å². The van der Waals surface area contributed by atoms with E-state index in [9.17, 15) is 19.3 Å². The zero-order valence-electron chi connectivity index (χ0n) is 13.7. The highest BCUT2D eigenvalue weighted by Gasteiger charge is 2.26. The van der Waals surface area contributed by atoms with Gasteiger partial charge in [-0.1, -0.05) is 12.1 Å². The lowest BCUT2D eigenvalue weighted by molar-refractivity contribution is -0.384. The molecule has 0 spiro atoms. The molecule has 0 atom stereocenters. The molecule has 2 aromatic rings. The number of hydrogen-bond donors (Lipinski definition) is 1. The van der Waals surface area contributed by atoms with Crippen LogP contribution in [-0.2, 0) is 6.54 Å². The van der Waals surface area contributed by atoms with Crippen LogP contribution in [0, 0.1) is 15.9 Å². The van der Waals surface area contributed by atoms with Crippen molar-refractivity contribution in [2.45, 2.75) is 25.4 Å². The summed E-state index contributed by atoms with van der Waals surface area (Å²) >= 11 is 0. The topological polar surface area (TPSA) is 75.5 Å². The Morgan fingerprint density at radius 3 is 2.56 bits per heavy atom. The van der Waals surface area contributed by atoms with Crippen LogP contribution >= 0.6 is 0 Å². The Morgan fingerprint density at radius 2 is 1.96 bits per heavy atom. The maximum Gasteiger partial charge on any atom is 0.293 e. The molecule has 6 nitrogen and oxygen atoms in total. The van der Waals surface area contributed by atoms with E-state index in [-0.39, 0.29) is 29.0 Å². The first-order chi connectivity index (χ1) is 11.9. The second-order valence-electron chi connectivity index (χ2n) is 6.19. The maximum absolute atomic E-state index is 13.0. The molecule has 1 aliphatic rings. The van der Waals surface area contributed by atoms with Gasteiger partial charge in [-0.25, -0.2) is 4.39 Å². The minimum atomic E-state index is -0.496. The molecule has 0 radical (unpaired) electrons. The largest absolute Gasteiger partial charge is 0.365 e. The average Bonchev–Trinajstić information content (AvgIpc) is 3.40. The van der Waals surface area contributed by atoms with Gasteiger partial charge in [0.05, 0.1) is 4.92 Å². The summed E-state index contributed by atoms with van der Waals surface area (Å²) in [5, 5.41) is 14.2. The summed E-state index contributed by atoms with van der Waals surface area (Å²) < 4.78 is 13.0. The minimum absolute atomic E-state index is 0.131. The molecule has 130 valence electrons. The number of nitro benzene ring substituents is 1. The summed E-state index contributed by atoms with van der Waals surface area (Å²) in [5.41, 5.74) is 1.37. The number of anilines is 1. The molecule has 0 unspecified atom stereocenters. The Bertz CT molecular complexity index is 804. The van der Waals surface area contributed by atoms with Crippen molar-refractivity contribution in [2.75, 3.05) is 11.9 Å². The molecule has 0 saturated heterocycles. The van der Waals surface area contributed by atoms with E-state index in [1.807, 2.05) is 0 Å². The monoisotopic (exact) mass is 343 g/mol. The number of benzene rings is 2. The first kappa shape index (κ1) is 16.9. The third-order valence-electron chi connectivity index (χ3n) is 4.09. The number of amides is 1. The third-order valence-corrected chi connectivity index (χ3v) is 4.09. The van der Waals surface area contributed by atoms with Crippen LogP contribution in [-0.4, -0.2) is 23.9 Å². The molecule has 0 aliphatic heterocycles. The van der Waals surface area contributed by atoms with Gasteiger partial charge in [-0.2, -0.15) is 0 Å². The van der Waals surface area contributed by atoms with Crippen LogP contribution in [0.5, 0.6) is 0 Å². The number of nitro groups is 1. The molecule has 0 heterocycles. The lowest BCUT2D eigenvalue weighted by atomic mass is 10.1. The van der Waals surface area contributed by atoms with Gasteiger partial charge >= 0.3 is 0 Å². The van der Waals surface area contributed by atoms with Gasteiger partial charge in [0.2, 0.25) is 0 Å². The predicted molar refractivity (Wildman–Crippen MR) is 92.1 cm³/mol. The predicted octanol–water partition coefficient (Wildman–Crippen LogP) is 3.26. The molecule has 1 aliphatic carbocycles. The van der Waals surface area contributed by atoms with Gasteiger partial charge < -0.3 is 10.2 Å². The average molecular weight is 343 g/mol. The van der Waals surface area contributed by atoms with Gasteiger partial charge in [0.25, 0.3) is 11.6 Å². The van der Waals surface area contributed by atoms with E-state index >= 15 is 0 Å². The Balaban J connectivity index is 1.82. The molecular weight excluding hydrogens is 325 g/mol. The summed E-state index contributed by atoms with van der Waals surface area (Å²) in [6, 6.07) is 10.6. The first-order valence-corrected chi connectivity index (χ1v) is 7.99. The zero-order chi connectivity index (χ0) is 18.0. The number of rotatable bonds is 6. The van der Waals surface area contributed by atoms with E-state index in [2.05, 4.69) is 5.32 Å². The van der Waals surface area contributed by atoms with Crippen LogP contribution in [0.15, 0.2) is 42.5 Å². The summed E-state index contributed by atoms with van der Waals surface area (Å²) in [6.07, 6.45) is 1.90. The molecule has 1 saturated carbocycles. The molecular formula is C18H18FN3O3. The van der Waals surface area contributed by atoms with Crippen LogP contribution in [0.4, 0.5) is 15.8 Å². The minimum Gasteiger partial charge on any atom is -0.365 e. The van der Waals surface area contributed by atoms with E-state index in [0.717, 1.165) is 18.4 Å². The van der Waals surface area contributed by atoms with Crippen LogP contribution in [0.3, 0.4) is 0 Å². The lowest BCUT2D eigenvalue weighted by Gasteiger charge is -2.19. The van der Waals surface area contributed by atoms with Gasteiger partial charge in [-0.3, -0.25) is 14.9 Å². The first-order valence-electron chi connectivity index (χ1n) is 7.99. The van der Waals surface area contributed by atoms with Crippen molar-refractivity contribution in [3.63, 3.8) is 0 Å². The Kier molecular flexibility index (Phi) is 4.65. The highest BCUT2D eigenvalue weighted by atomic mass is 19.1. The lowest BCUT2D eigenvalue weighted by Crippen LogP contribution is -2.25. The molecule has 25 heavy (non-hydrogen) atoms. The van der Waals surface area contributed by atoms with Crippen molar-refractivity contribution in [3.8, 4) is 0 Å². The van der Waals surface area contributed by atoms with Gasteiger partial charge in [0, 0.05) is 31.3 Å². The molecule has 0 aromatic heterocycles. The van der Waals surface area contributed by atoms with Crippen molar-refractivity contribution in [2.24, 2.45) is 0 Å². The molecule has 3 rings (SSSR count). The van der Waals surface area contributed by atoms with Crippen molar-refractivity contribution < 1.29 is 14.1 Å².